The lowest BCUT2D eigenvalue weighted by Crippen LogP contribution is -1.96. The summed E-state index contributed by atoms with van der Waals surface area (Å²) in [6.45, 7) is 0.607. The van der Waals surface area contributed by atoms with Crippen LogP contribution in [0.1, 0.15) is 16.7 Å². The van der Waals surface area contributed by atoms with Gasteiger partial charge in [-0.2, -0.15) is 0 Å². The predicted octanol–water partition coefficient (Wildman–Crippen LogP) is 3.75. The van der Waals surface area contributed by atoms with E-state index in [0.29, 0.717) is 6.54 Å². The topological polar surface area (TPSA) is 26.0 Å². The third kappa shape index (κ3) is 2.17. The number of fused-ring (bicyclic) bond motifs is 1. The zero-order valence-electron chi connectivity index (χ0n) is 10.0. The number of benzene rings is 2. The Morgan fingerprint density at radius 2 is 1.78 bits per heavy atom. The largest absolute Gasteiger partial charge is 0.326 e. The summed E-state index contributed by atoms with van der Waals surface area (Å²) in [6.07, 6.45) is 0.969. The van der Waals surface area contributed by atoms with Crippen molar-refractivity contribution in [2.24, 2.45) is 5.73 Å². The maximum absolute atomic E-state index is 5.61. The molecule has 0 aliphatic heterocycles. The number of hydrogen-bond acceptors (Lipinski definition) is 2. The molecule has 18 heavy (non-hydrogen) atoms. The zero-order valence-corrected chi connectivity index (χ0v) is 10.8. The molecule has 1 heterocycles. The molecule has 0 atom stereocenters. The first-order valence-electron chi connectivity index (χ1n) is 6.02. The Hall–Kier alpha value is -1.64. The molecule has 0 fully saturated rings. The van der Waals surface area contributed by atoms with E-state index >= 15 is 0 Å². The Labute approximate surface area is 111 Å². The SMILES string of the molecule is NCc1ccc(Cc2cccc3c[c]sc23)cc1. The van der Waals surface area contributed by atoms with Crippen LogP contribution in [-0.4, -0.2) is 0 Å². The van der Waals surface area contributed by atoms with Gasteiger partial charge in [-0.15, -0.1) is 11.3 Å². The van der Waals surface area contributed by atoms with Crippen LogP contribution in [0.4, 0.5) is 0 Å². The summed E-state index contributed by atoms with van der Waals surface area (Å²) < 4.78 is 1.35. The molecular formula is C16H14NS. The van der Waals surface area contributed by atoms with Gasteiger partial charge in [-0.05, 0) is 34.6 Å². The monoisotopic (exact) mass is 252 g/mol. The first kappa shape index (κ1) is 11.5. The lowest BCUT2D eigenvalue weighted by atomic mass is 10.0. The fraction of sp³-hybridized carbons (Fsp3) is 0.125. The van der Waals surface area contributed by atoms with Gasteiger partial charge >= 0.3 is 0 Å². The molecule has 0 bridgehead atoms. The second kappa shape index (κ2) is 4.92. The Morgan fingerprint density at radius 1 is 1.00 bits per heavy atom. The van der Waals surface area contributed by atoms with Gasteiger partial charge in [-0.3, -0.25) is 0 Å². The quantitative estimate of drug-likeness (QED) is 0.755. The van der Waals surface area contributed by atoms with Crippen LogP contribution in [0.5, 0.6) is 0 Å². The Balaban J connectivity index is 1.93. The van der Waals surface area contributed by atoms with Gasteiger partial charge < -0.3 is 5.73 Å². The van der Waals surface area contributed by atoms with Crippen molar-refractivity contribution in [3.63, 3.8) is 0 Å². The van der Waals surface area contributed by atoms with E-state index in [1.54, 1.807) is 11.3 Å². The molecule has 1 nitrogen and oxygen atoms in total. The van der Waals surface area contributed by atoms with Gasteiger partial charge in [-0.25, -0.2) is 0 Å². The average molecular weight is 252 g/mol. The third-order valence-electron chi connectivity index (χ3n) is 3.16. The molecule has 0 aliphatic carbocycles. The number of thiophene rings is 1. The van der Waals surface area contributed by atoms with Crippen molar-refractivity contribution in [2.45, 2.75) is 13.0 Å². The minimum atomic E-state index is 0.607. The number of rotatable bonds is 3. The van der Waals surface area contributed by atoms with Crippen LogP contribution in [0.3, 0.4) is 0 Å². The van der Waals surface area contributed by atoms with Crippen molar-refractivity contribution in [1.82, 2.24) is 0 Å². The summed E-state index contributed by atoms with van der Waals surface area (Å²) >= 11 is 1.70. The average Bonchev–Trinajstić information content (AvgIpc) is 2.89. The van der Waals surface area contributed by atoms with E-state index in [2.05, 4.69) is 53.9 Å². The molecule has 2 N–H and O–H groups in total. The Bertz CT molecular complexity index is 652. The van der Waals surface area contributed by atoms with E-state index in [-0.39, 0.29) is 0 Å². The van der Waals surface area contributed by atoms with Crippen LogP contribution in [0, 0.1) is 5.38 Å². The minimum absolute atomic E-state index is 0.607. The molecule has 89 valence electrons. The standard InChI is InChI=1S/C16H14NS/c17-11-13-6-4-12(5-7-13)10-15-3-1-2-14-8-9-18-16(14)15/h1-8H,10-11,17H2. The highest BCUT2D eigenvalue weighted by Gasteiger charge is 2.03. The summed E-state index contributed by atoms with van der Waals surface area (Å²) in [6, 6.07) is 17.1. The molecule has 0 unspecified atom stereocenters. The van der Waals surface area contributed by atoms with Crippen LogP contribution in [0.25, 0.3) is 10.1 Å². The van der Waals surface area contributed by atoms with E-state index in [9.17, 15) is 0 Å². The smallest absolute Gasteiger partial charge is 0.0455 e. The van der Waals surface area contributed by atoms with Gasteiger partial charge in [0, 0.05) is 16.6 Å². The van der Waals surface area contributed by atoms with E-state index in [4.69, 9.17) is 5.73 Å². The summed E-state index contributed by atoms with van der Waals surface area (Å²) in [5, 5.41) is 4.50. The van der Waals surface area contributed by atoms with Crippen LogP contribution < -0.4 is 5.73 Å². The Kier molecular flexibility index (Phi) is 3.13. The van der Waals surface area contributed by atoms with Crippen molar-refractivity contribution in [3.8, 4) is 0 Å². The van der Waals surface area contributed by atoms with Crippen molar-refractivity contribution < 1.29 is 0 Å². The molecular weight excluding hydrogens is 238 g/mol. The van der Waals surface area contributed by atoms with Gasteiger partial charge in [0.1, 0.15) is 0 Å². The van der Waals surface area contributed by atoms with E-state index in [1.165, 1.54) is 26.8 Å². The second-order valence-electron chi connectivity index (χ2n) is 4.40. The van der Waals surface area contributed by atoms with Gasteiger partial charge in [0.25, 0.3) is 0 Å². The molecule has 0 saturated heterocycles. The summed E-state index contributed by atoms with van der Waals surface area (Å²) in [5.41, 5.74) is 9.49. The molecule has 1 aromatic heterocycles. The van der Waals surface area contributed by atoms with Gasteiger partial charge in [0.2, 0.25) is 0 Å². The first-order valence-corrected chi connectivity index (χ1v) is 6.84. The highest BCUT2D eigenvalue weighted by Crippen LogP contribution is 2.26. The molecule has 2 heteroatoms. The zero-order chi connectivity index (χ0) is 12.4. The van der Waals surface area contributed by atoms with Crippen LogP contribution >= 0.6 is 11.3 Å². The van der Waals surface area contributed by atoms with E-state index in [0.717, 1.165) is 6.42 Å². The molecule has 0 saturated carbocycles. The lowest BCUT2D eigenvalue weighted by molar-refractivity contribution is 1.06. The highest BCUT2D eigenvalue weighted by molar-refractivity contribution is 7.16. The fourth-order valence-electron chi connectivity index (χ4n) is 2.15. The third-order valence-corrected chi connectivity index (χ3v) is 4.09. The number of nitrogens with two attached hydrogens (primary N) is 1. The van der Waals surface area contributed by atoms with Gasteiger partial charge in [0.05, 0.1) is 0 Å². The summed E-state index contributed by atoms with van der Waals surface area (Å²) in [4.78, 5) is 0. The molecule has 0 spiro atoms. The maximum atomic E-state index is 5.61. The van der Waals surface area contributed by atoms with Crippen molar-refractivity contribution in [2.75, 3.05) is 0 Å². The van der Waals surface area contributed by atoms with E-state index < -0.39 is 0 Å². The second-order valence-corrected chi connectivity index (χ2v) is 5.25. The van der Waals surface area contributed by atoms with Crippen molar-refractivity contribution in [1.29, 1.82) is 0 Å². The molecule has 3 aromatic rings. The first-order chi connectivity index (χ1) is 8.86. The van der Waals surface area contributed by atoms with Crippen molar-refractivity contribution >= 4 is 21.4 Å². The lowest BCUT2D eigenvalue weighted by Gasteiger charge is -2.04. The summed E-state index contributed by atoms with van der Waals surface area (Å²) in [7, 11) is 0. The predicted molar refractivity (Wildman–Crippen MR) is 77.8 cm³/mol. The molecule has 0 aliphatic rings. The van der Waals surface area contributed by atoms with E-state index in [1.807, 2.05) is 0 Å². The van der Waals surface area contributed by atoms with Crippen LogP contribution in [0.2, 0.25) is 0 Å². The molecule has 1 radical (unpaired) electrons. The van der Waals surface area contributed by atoms with Crippen molar-refractivity contribution in [3.05, 3.63) is 70.6 Å². The molecule has 3 rings (SSSR count). The Morgan fingerprint density at radius 3 is 2.56 bits per heavy atom. The maximum Gasteiger partial charge on any atom is 0.0455 e. The normalized spacial score (nSPS) is 10.9. The molecule has 0 amide bonds. The van der Waals surface area contributed by atoms with Crippen LogP contribution in [-0.2, 0) is 13.0 Å². The minimum Gasteiger partial charge on any atom is -0.326 e. The van der Waals surface area contributed by atoms with Gasteiger partial charge in [0.15, 0.2) is 0 Å². The summed E-state index contributed by atoms with van der Waals surface area (Å²) in [5.74, 6) is 0. The van der Waals surface area contributed by atoms with Crippen LogP contribution in [0.15, 0.2) is 48.5 Å². The highest BCUT2D eigenvalue weighted by atomic mass is 32.1. The fourth-order valence-corrected chi connectivity index (χ4v) is 2.97. The van der Waals surface area contributed by atoms with Gasteiger partial charge in [-0.1, -0.05) is 42.5 Å². The number of hydrogen-bond donors (Lipinski definition) is 1. The molecule has 2 aromatic carbocycles.